The second-order valence-electron chi connectivity index (χ2n) is 6.33. The number of carbonyl (C=O) groups excluding carboxylic acids is 1. The molecule has 0 radical (unpaired) electrons. The minimum atomic E-state index is -0.377. The highest BCUT2D eigenvalue weighted by Gasteiger charge is 2.52. The first-order chi connectivity index (χ1) is 9.71. The van der Waals surface area contributed by atoms with E-state index in [2.05, 4.69) is 0 Å². The fraction of sp³-hybridized carbons (Fsp3) is 0.562. The highest BCUT2D eigenvalue weighted by atomic mass is 16.5. The van der Waals surface area contributed by atoms with Gasteiger partial charge in [-0.1, -0.05) is 0 Å². The third-order valence-electron chi connectivity index (χ3n) is 4.97. The number of nitrogens with two attached hydrogens (primary N) is 1. The molecule has 1 aromatic carbocycles. The average molecular weight is 272 g/mol. The van der Waals surface area contributed by atoms with Crippen molar-refractivity contribution in [2.45, 2.75) is 31.1 Å². The smallest absolute Gasteiger partial charge is 0.237 e. The van der Waals surface area contributed by atoms with Gasteiger partial charge in [0, 0.05) is 31.1 Å². The Labute approximate surface area is 118 Å². The summed E-state index contributed by atoms with van der Waals surface area (Å²) in [5, 5.41) is 0. The normalized spacial score (nSPS) is 24.2. The lowest BCUT2D eigenvalue weighted by molar-refractivity contribution is -0.126. The molecule has 4 heteroatoms. The lowest BCUT2D eigenvalue weighted by Gasteiger charge is -2.32. The van der Waals surface area contributed by atoms with E-state index in [-0.39, 0.29) is 11.3 Å². The number of fused-ring (bicyclic) bond motifs is 2. The molecular weight excluding hydrogens is 252 g/mol. The van der Waals surface area contributed by atoms with Crippen molar-refractivity contribution in [3.05, 3.63) is 23.8 Å². The van der Waals surface area contributed by atoms with Crippen molar-refractivity contribution < 1.29 is 9.53 Å². The van der Waals surface area contributed by atoms with Gasteiger partial charge >= 0.3 is 0 Å². The number of benzene rings is 1. The first-order valence-corrected chi connectivity index (χ1v) is 7.50. The Morgan fingerprint density at radius 3 is 2.75 bits per heavy atom. The molecule has 0 unspecified atom stereocenters. The van der Waals surface area contributed by atoms with Crippen LogP contribution in [0.5, 0.6) is 0 Å². The van der Waals surface area contributed by atoms with Crippen LogP contribution in [0.3, 0.4) is 0 Å². The van der Waals surface area contributed by atoms with Crippen LogP contribution in [0.2, 0.25) is 0 Å². The van der Waals surface area contributed by atoms with Gasteiger partial charge in [0.1, 0.15) is 0 Å². The Morgan fingerprint density at radius 1 is 1.30 bits per heavy atom. The van der Waals surface area contributed by atoms with E-state index in [1.807, 2.05) is 23.1 Å². The van der Waals surface area contributed by atoms with Crippen molar-refractivity contribution in [3.8, 4) is 0 Å². The van der Waals surface area contributed by atoms with E-state index in [1.54, 1.807) is 0 Å². The Balaban J connectivity index is 1.80. The zero-order valence-corrected chi connectivity index (χ0v) is 11.6. The number of amides is 1. The quantitative estimate of drug-likeness (QED) is 0.839. The van der Waals surface area contributed by atoms with Gasteiger partial charge in [-0.25, -0.2) is 0 Å². The maximum absolute atomic E-state index is 13.0. The molecule has 2 fully saturated rings. The second kappa shape index (κ2) is 4.22. The number of anilines is 2. The summed E-state index contributed by atoms with van der Waals surface area (Å²) in [7, 11) is 0. The van der Waals surface area contributed by atoms with Crippen molar-refractivity contribution >= 4 is 17.3 Å². The summed E-state index contributed by atoms with van der Waals surface area (Å²) in [6.07, 6.45) is 4.07. The van der Waals surface area contributed by atoms with Gasteiger partial charge in [-0.05, 0) is 55.4 Å². The molecule has 0 bridgehead atoms. The van der Waals surface area contributed by atoms with Crippen molar-refractivity contribution in [1.82, 2.24) is 0 Å². The summed E-state index contributed by atoms with van der Waals surface area (Å²) in [5.74, 6) is 0.965. The second-order valence-corrected chi connectivity index (χ2v) is 6.33. The van der Waals surface area contributed by atoms with E-state index in [4.69, 9.17) is 10.5 Å². The van der Waals surface area contributed by atoms with Crippen molar-refractivity contribution in [1.29, 1.82) is 0 Å². The zero-order chi connectivity index (χ0) is 13.7. The van der Waals surface area contributed by atoms with Gasteiger partial charge in [0.25, 0.3) is 0 Å². The standard InChI is InChI=1S/C16H20N2O2/c17-12-3-4-14-13(9-12)16(5-7-20-8-6-16)15(19)18(14)10-11-1-2-11/h3-4,9,11H,1-2,5-8,10,17H2. The molecule has 20 heavy (non-hydrogen) atoms. The summed E-state index contributed by atoms with van der Waals surface area (Å²) >= 11 is 0. The number of rotatable bonds is 2. The number of hydrogen-bond donors (Lipinski definition) is 1. The Morgan fingerprint density at radius 2 is 2.05 bits per heavy atom. The van der Waals surface area contributed by atoms with E-state index < -0.39 is 0 Å². The molecule has 2 aliphatic heterocycles. The Hall–Kier alpha value is -1.55. The molecule has 1 amide bonds. The SMILES string of the molecule is Nc1ccc2c(c1)C1(CCOCC1)C(=O)N2CC1CC1. The number of nitrogens with zero attached hydrogens (tertiary/aromatic N) is 1. The number of hydrogen-bond acceptors (Lipinski definition) is 3. The molecule has 1 saturated heterocycles. The van der Waals surface area contributed by atoms with Gasteiger partial charge in [-0.3, -0.25) is 4.79 Å². The Bertz CT molecular complexity index is 560. The number of carbonyl (C=O) groups is 1. The molecule has 1 spiro atoms. The summed E-state index contributed by atoms with van der Waals surface area (Å²) < 4.78 is 5.48. The Kier molecular flexibility index (Phi) is 2.58. The maximum atomic E-state index is 13.0. The molecule has 1 aromatic rings. The van der Waals surface area contributed by atoms with Crippen molar-refractivity contribution in [2.75, 3.05) is 30.4 Å². The van der Waals surface area contributed by atoms with Crippen molar-refractivity contribution in [2.24, 2.45) is 5.92 Å². The van der Waals surface area contributed by atoms with Gasteiger partial charge < -0.3 is 15.4 Å². The number of ether oxygens (including phenoxy) is 1. The average Bonchev–Trinajstić information content (AvgIpc) is 3.26. The third-order valence-corrected chi connectivity index (χ3v) is 4.97. The van der Waals surface area contributed by atoms with Crippen LogP contribution in [0, 0.1) is 5.92 Å². The molecule has 106 valence electrons. The maximum Gasteiger partial charge on any atom is 0.237 e. The van der Waals surface area contributed by atoms with Gasteiger partial charge in [0.05, 0.1) is 5.41 Å². The highest BCUT2D eigenvalue weighted by Crippen LogP contribution is 2.49. The van der Waals surface area contributed by atoms with Crippen LogP contribution in [0.15, 0.2) is 18.2 Å². The largest absolute Gasteiger partial charge is 0.399 e. The predicted molar refractivity (Wildman–Crippen MR) is 77.7 cm³/mol. The lowest BCUT2D eigenvalue weighted by atomic mass is 9.75. The van der Waals surface area contributed by atoms with Gasteiger partial charge in [0.15, 0.2) is 0 Å². The third kappa shape index (κ3) is 1.67. The first kappa shape index (κ1) is 12.2. The van der Waals surface area contributed by atoms with Gasteiger partial charge in [-0.15, -0.1) is 0 Å². The molecule has 3 aliphatic rings. The molecular formula is C16H20N2O2. The molecule has 4 nitrogen and oxygen atoms in total. The van der Waals surface area contributed by atoms with Crippen LogP contribution < -0.4 is 10.6 Å². The molecule has 0 atom stereocenters. The molecule has 2 N–H and O–H groups in total. The fourth-order valence-corrected chi connectivity index (χ4v) is 3.60. The topological polar surface area (TPSA) is 55.6 Å². The minimum absolute atomic E-state index is 0.272. The van der Waals surface area contributed by atoms with E-state index in [9.17, 15) is 4.79 Å². The first-order valence-electron chi connectivity index (χ1n) is 7.50. The van der Waals surface area contributed by atoms with E-state index in [0.29, 0.717) is 19.1 Å². The summed E-state index contributed by atoms with van der Waals surface area (Å²) in [6, 6.07) is 5.94. The molecule has 0 aromatic heterocycles. The number of nitrogen functional groups attached to an aromatic ring is 1. The van der Waals surface area contributed by atoms with Crippen LogP contribution >= 0.6 is 0 Å². The van der Waals surface area contributed by atoms with Gasteiger partial charge in [0.2, 0.25) is 5.91 Å². The fourth-order valence-electron chi connectivity index (χ4n) is 3.60. The molecule has 1 aliphatic carbocycles. The summed E-state index contributed by atoms with van der Waals surface area (Å²) in [5.41, 5.74) is 8.55. The van der Waals surface area contributed by atoms with E-state index in [0.717, 1.165) is 36.3 Å². The zero-order valence-electron chi connectivity index (χ0n) is 11.6. The predicted octanol–water partition coefficient (Wildman–Crippen LogP) is 2.07. The minimum Gasteiger partial charge on any atom is -0.399 e. The molecule has 1 saturated carbocycles. The highest BCUT2D eigenvalue weighted by molar-refractivity contribution is 6.08. The summed E-state index contributed by atoms with van der Waals surface area (Å²) in [4.78, 5) is 15.1. The van der Waals surface area contributed by atoms with Crippen LogP contribution in [0.4, 0.5) is 11.4 Å². The van der Waals surface area contributed by atoms with Crippen LogP contribution in [-0.4, -0.2) is 25.7 Å². The molecule has 2 heterocycles. The van der Waals surface area contributed by atoms with Crippen LogP contribution in [-0.2, 0) is 14.9 Å². The van der Waals surface area contributed by atoms with E-state index >= 15 is 0 Å². The van der Waals surface area contributed by atoms with Gasteiger partial charge in [-0.2, -0.15) is 0 Å². The molecule has 4 rings (SSSR count). The lowest BCUT2D eigenvalue weighted by Crippen LogP contribution is -2.44. The monoisotopic (exact) mass is 272 g/mol. The van der Waals surface area contributed by atoms with Crippen molar-refractivity contribution in [3.63, 3.8) is 0 Å². The summed E-state index contributed by atoms with van der Waals surface area (Å²) in [6.45, 7) is 2.20. The van der Waals surface area contributed by atoms with Crippen LogP contribution in [0.25, 0.3) is 0 Å². The van der Waals surface area contributed by atoms with Crippen LogP contribution in [0.1, 0.15) is 31.2 Å². The van der Waals surface area contributed by atoms with E-state index in [1.165, 1.54) is 12.8 Å².